The summed E-state index contributed by atoms with van der Waals surface area (Å²) in [5.41, 5.74) is 4.43. The number of fused-ring (bicyclic) bond motifs is 3. The quantitative estimate of drug-likeness (QED) is 0.689. The molecule has 1 N–H and O–H groups in total. The molecule has 5 heteroatoms. The minimum Gasteiger partial charge on any atom is -0.497 e. The molecule has 2 aromatic carbocycles. The molecule has 5 nitrogen and oxygen atoms in total. The van der Waals surface area contributed by atoms with Crippen molar-refractivity contribution in [2.24, 2.45) is 5.92 Å². The molecule has 1 aromatic heterocycles. The number of ether oxygens (including phenoxy) is 1. The van der Waals surface area contributed by atoms with Crippen molar-refractivity contribution in [1.82, 2.24) is 14.8 Å². The van der Waals surface area contributed by atoms with E-state index in [2.05, 4.69) is 54.2 Å². The van der Waals surface area contributed by atoms with Crippen LogP contribution < -0.4 is 10.1 Å². The minimum atomic E-state index is -0.0593. The van der Waals surface area contributed by atoms with Gasteiger partial charge in [0.05, 0.1) is 25.4 Å². The summed E-state index contributed by atoms with van der Waals surface area (Å²) in [6.07, 6.45) is 2.08. The average Bonchev–Trinajstić information content (AvgIpc) is 3.15. The van der Waals surface area contributed by atoms with Crippen molar-refractivity contribution >= 4 is 6.03 Å². The van der Waals surface area contributed by atoms with E-state index in [9.17, 15) is 4.79 Å². The van der Waals surface area contributed by atoms with Gasteiger partial charge in [0.2, 0.25) is 0 Å². The van der Waals surface area contributed by atoms with E-state index in [0.29, 0.717) is 13.1 Å². The van der Waals surface area contributed by atoms with Gasteiger partial charge in [-0.2, -0.15) is 0 Å². The number of nitrogens with zero attached hydrogens (tertiary/aromatic N) is 2. The molecular formula is C24H27N3O2. The molecule has 0 fully saturated rings. The summed E-state index contributed by atoms with van der Waals surface area (Å²) < 4.78 is 7.50. The predicted octanol–water partition coefficient (Wildman–Crippen LogP) is 4.91. The van der Waals surface area contributed by atoms with E-state index < -0.39 is 0 Å². The first-order valence-corrected chi connectivity index (χ1v) is 10.0. The van der Waals surface area contributed by atoms with Gasteiger partial charge in [0, 0.05) is 18.4 Å². The van der Waals surface area contributed by atoms with Crippen LogP contribution in [0.3, 0.4) is 0 Å². The summed E-state index contributed by atoms with van der Waals surface area (Å²) in [6.45, 7) is 5.37. The van der Waals surface area contributed by atoms with Gasteiger partial charge in [-0.15, -0.1) is 0 Å². The Labute approximate surface area is 171 Å². The van der Waals surface area contributed by atoms with Crippen LogP contribution in [0.1, 0.15) is 36.7 Å². The lowest BCUT2D eigenvalue weighted by Gasteiger charge is -2.33. The SMILES string of the molecule is COc1cccc(CNC(=O)N2Cc3ccccc3-n3cccc3[C@@H]2C(C)C)c1. The predicted molar refractivity (Wildman–Crippen MR) is 114 cm³/mol. The second-order valence-electron chi connectivity index (χ2n) is 7.76. The van der Waals surface area contributed by atoms with Crippen molar-refractivity contribution in [3.63, 3.8) is 0 Å². The maximum atomic E-state index is 13.3. The summed E-state index contributed by atoms with van der Waals surface area (Å²) in [5, 5.41) is 3.11. The highest BCUT2D eigenvalue weighted by atomic mass is 16.5. The molecule has 0 unspecified atom stereocenters. The lowest BCUT2D eigenvalue weighted by Crippen LogP contribution is -2.42. The van der Waals surface area contributed by atoms with Crippen molar-refractivity contribution < 1.29 is 9.53 Å². The highest BCUT2D eigenvalue weighted by Gasteiger charge is 2.33. The first-order valence-electron chi connectivity index (χ1n) is 10.0. The van der Waals surface area contributed by atoms with Crippen molar-refractivity contribution in [2.45, 2.75) is 33.0 Å². The summed E-state index contributed by atoms with van der Waals surface area (Å²) >= 11 is 0. The van der Waals surface area contributed by atoms with Crippen LogP contribution in [0.15, 0.2) is 66.9 Å². The summed E-state index contributed by atoms with van der Waals surface area (Å²) in [7, 11) is 1.65. The third-order valence-electron chi connectivity index (χ3n) is 5.48. The van der Waals surface area contributed by atoms with Gasteiger partial charge in [-0.05, 0) is 47.4 Å². The Hall–Kier alpha value is -3.21. The second-order valence-corrected chi connectivity index (χ2v) is 7.76. The second kappa shape index (κ2) is 8.03. The smallest absolute Gasteiger partial charge is 0.318 e. The zero-order valence-electron chi connectivity index (χ0n) is 17.1. The van der Waals surface area contributed by atoms with Crippen molar-refractivity contribution in [3.05, 3.63) is 83.7 Å². The van der Waals surface area contributed by atoms with Crippen LogP contribution in [-0.2, 0) is 13.1 Å². The highest BCUT2D eigenvalue weighted by Crippen LogP contribution is 2.36. The standard InChI is InChI=1S/C24H27N3O2/c1-17(2)23-22-12-7-13-26(22)21-11-5-4-9-19(21)16-27(23)24(28)25-15-18-8-6-10-20(14-18)29-3/h4-14,17,23H,15-16H2,1-3H3,(H,25,28)/t23-/m0/s1. The molecule has 0 aliphatic carbocycles. The van der Waals surface area contributed by atoms with Crippen LogP contribution >= 0.6 is 0 Å². The molecular weight excluding hydrogens is 362 g/mol. The van der Waals surface area contributed by atoms with E-state index in [-0.39, 0.29) is 18.0 Å². The van der Waals surface area contributed by atoms with Crippen LogP contribution in [0.2, 0.25) is 0 Å². The normalized spacial score (nSPS) is 15.4. The van der Waals surface area contributed by atoms with Crippen LogP contribution in [0.4, 0.5) is 4.79 Å². The third kappa shape index (κ3) is 3.73. The van der Waals surface area contributed by atoms with Gasteiger partial charge in [-0.1, -0.05) is 44.2 Å². The molecule has 1 aliphatic heterocycles. The largest absolute Gasteiger partial charge is 0.497 e. The zero-order valence-corrected chi connectivity index (χ0v) is 17.1. The Morgan fingerprint density at radius 2 is 1.97 bits per heavy atom. The fraction of sp³-hybridized carbons (Fsp3) is 0.292. The third-order valence-corrected chi connectivity index (χ3v) is 5.48. The van der Waals surface area contributed by atoms with E-state index in [1.54, 1.807) is 7.11 Å². The number of methoxy groups -OCH3 is 1. The fourth-order valence-electron chi connectivity index (χ4n) is 4.14. The molecule has 29 heavy (non-hydrogen) atoms. The van der Waals surface area contributed by atoms with E-state index in [1.165, 1.54) is 0 Å². The van der Waals surface area contributed by atoms with Gasteiger partial charge >= 0.3 is 6.03 Å². The molecule has 0 saturated heterocycles. The number of benzene rings is 2. The summed E-state index contributed by atoms with van der Waals surface area (Å²) in [5.74, 6) is 1.07. The van der Waals surface area contributed by atoms with Crippen molar-refractivity contribution in [3.8, 4) is 11.4 Å². The molecule has 2 heterocycles. The first-order chi connectivity index (χ1) is 14.1. The number of carbonyl (C=O) groups excluding carboxylic acids is 1. The van der Waals surface area contributed by atoms with E-state index >= 15 is 0 Å². The number of urea groups is 1. The lowest BCUT2D eigenvalue weighted by molar-refractivity contribution is 0.149. The van der Waals surface area contributed by atoms with E-state index in [1.807, 2.05) is 41.3 Å². The molecule has 4 rings (SSSR count). The zero-order chi connectivity index (χ0) is 20.4. The number of hydrogen-bond acceptors (Lipinski definition) is 2. The van der Waals surface area contributed by atoms with Gasteiger partial charge in [-0.25, -0.2) is 4.79 Å². The van der Waals surface area contributed by atoms with Gasteiger partial charge in [0.15, 0.2) is 0 Å². The topological polar surface area (TPSA) is 46.5 Å². The number of para-hydroxylation sites is 1. The van der Waals surface area contributed by atoms with Gasteiger partial charge in [0.1, 0.15) is 5.75 Å². The minimum absolute atomic E-state index is 0.0114. The fourth-order valence-corrected chi connectivity index (χ4v) is 4.14. The first kappa shape index (κ1) is 19.1. The molecule has 3 aromatic rings. The maximum Gasteiger partial charge on any atom is 0.318 e. The van der Waals surface area contributed by atoms with Crippen LogP contribution in [-0.4, -0.2) is 22.6 Å². The Morgan fingerprint density at radius 1 is 1.14 bits per heavy atom. The molecule has 0 bridgehead atoms. The number of amides is 2. The van der Waals surface area contributed by atoms with Crippen molar-refractivity contribution in [1.29, 1.82) is 0 Å². The number of nitrogens with one attached hydrogen (secondary N) is 1. The molecule has 2 amide bonds. The number of hydrogen-bond donors (Lipinski definition) is 1. The van der Waals surface area contributed by atoms with Crippen LogP contribution in [0.5, 0.6) is 5.75 Å². The summed E-state index contributed by atoms with van der Waals surface area (Å²) in [6, 6.07) is 20.2. The van der Waals surface area contributed by atoms with E-state index in [0.717, 1.165) is 28.3 Å². The highest BCUT2D eigenvalue weighted by molar-refractivity contribution is 5.75. The molecule has 0 spiro atoms. The number of rotatable bonds is 4. The van der Waals surface area contributed by atoms with Crippen molar-refractivity contribution in [2.75, 3.05) is 7.11 Å². The van der Waals surface area contributed by atoms with Crippen LogP contribution in [0.25, 0.3) is 5.69 Å². The lowest BCUT2D eigenvalue weighted by atomic mass is 9.99. The monoisotopic (exact) mass is 389 g/mol. The molecule has 150 valence electrons. The van der Waals surface area contributed by atoms with Gasteiger partial charge in [-0.3, -0.25) is 0 Å². The van der Waals surface area contributed by atoms with Crippen LogP contribution in [0, 0.1) is 5.92 Å². The molecule has 0 saturated carbocycles. The summed E-state index contributed by atoms with van der Waals surface area (Å²) in [4.78, 5) is 15.3. The Kier molecular flexibility index (Phi) is 5.30. The Morgan fingerprint density at radius 3 is 2.76 bits per heavy atom. The maximum absolute atomic E-state index is 13.3. The molecule has 1 atom stereocenters. The van der Waals surface area contributed by atoms with Gasteiger partial charge < -0.3 is 19.5 Å². The van der Waals surface area contributed by atoms with Gasteiger partial charge in [0.25, 0.3) is 0 Å². The average molecular weight is 389 g/mol. The number of aromatic nitrogens is 1. The van der Waals surface area contributed by atoms with E-state index in [4.69, 9.17) is 4.74 Å². The number of carbonyl (C=O) groups is 1. The molecule has 0 radical (unpaired) electrons. The molecule has 1 aliphatic rings. The Balaban J connectivity index is 1.63. The Bertz CT molecular complexity index is 1010.